The molecule has 0 amide bonds. The number of hydrogen-bond acceptors (Lipinski definition) is 4. The van der Waals surface area contributed by atoms with Gasteiger partial charge in [0.15, 0.2) is 0 Å². The van der Waals surface area contributed by atoms with Crippen LogP contribution in [0.1, 0.15) is 93.4 Å². The molecule has 4 nitrogen and oxygen atoms in total. The van der Waals surface area contributed by atoms with E-state index in [-0.39, 0.29) is 0 Å². The Morgan fingerprint density at radius 2 is 1.31 bits per heavy atom. The summed E-state index contributed by atoms with van der Waals surface area (Å²) in [7, 11) is 1.58. The topological polar surface area (TPSA) is 66.0 Å². The zero-order valence-corrected chi connectivity index (χ0v) is 19.7. The van der Waals surface area contributed by atoms with Gasteiger partial charge in [-0.25, -0.2) is 0 Å². The Morgan fingerprint density at radius 3 is 1.88 bits per heavy atom. The van der Waals surface area contributed by atoms with E-state index in [0.29, 0.717) is 23.3 Å². The van der Waals surface area contributed by atoms with Crippen LogP contribution in [-0.2, 0) is 6.42 Å². The molecule has 0 aliphatic carbocycles. The van der Waals surface area contributed by atoms with Crippen LogP contribution in [0.5, 0.6) is 11.5 Å². The van der Waals surface area contributed by atoms with Crippen molar-refractivity contribution in [1.82, 2.24) is 0 Å². The second kappa shape index (κ2) is 14.9. The Morgan fingerprint density at radius 1 is 0.750 bits per heavy atom. The lowest BCUT2D eigenvalue weighted by atomic mass is 9.99. The first kappa shape index (κ1) is 25.3. The third kappa shape index (κ3) is 8.64. The molecule has 0 radical (unpaired) electrons. The number of nitrogens with zero attached hydrogens (tertiary/aromatic N) is 2. The molecule has 32 heavy (non-hydrogen) atoms. The summed E-state index contributed by atoms with van der Waals surface area (Å²) < 4.78 is 11.3. The predicted molar refractivity (Wildman–Crippen MR) is 129 cm³/mol. The van der Waals surface area contributed by atoms with Crippen molar-refractivity contribution in [1.29, 1.82) is 10.5 Å². The van der Waals surface area contributed by atoms with E-state index in [9.17, 15) is 10.5 Å². The molecule has 0 unspecified atom stereocenters. The van der Waals surface area contributed by atoms with Gasteiger partial charge in [-0.05, 0) is 41.8 Å². The van der Waals surface area contributed by atoms with Crippen molar-refractivity contribution in [2.75, 3.05) is 13.7 Å². The zero-order chi connectivity index (χ0) is 23.0. The highest BCUT2D eigenvalue weighted by atomic mass is 16.5. The van der Waals surface area contributed by atoms with Crippen LogP contribution in [0.15, 0.2) is 36.4 Å². The van der Waals surface area contributed by atoms with Crippen LogP contribution < -0.4 is 9.47 Å². The van der Waals surface area contributed by atoms with E-state index in [0.717, 1.165) is 29.9 Å². The number of nitriles is 2. The van der Waals surface area contributed by atoms with Gasteiger partial charge in [0.25, 0.3) is 0 Å². The molecule has 2 rings (SSSR count). The number of unbranched alkanes of at least 4 members (excludes halogenated alkanes) is 9. The first-order chi connectivity index (χ1) is 15.7. The van der Waals surface area contributed by atoms with Gasteiger partial charge in [0.1, 0.15) is 23.6 Å². The van der Waals surface area contributed by atoms with Gasteiger partial charge in [0, 0.05) is 6.42 Å². The number of methoxy groups -OCH3 is 1. The average Bonchev–Trinajstić information content (AvgIpc) is 2.83. The van der Waals surface area contributed by atoms with Gasteiger partial charge in [-0.2, -0.15) is 10.5 Å². The highest BCUT2D eigenvalue weighted by molar-refractivity contribution is 5.54. The largest absolute Gasteiger partial charge is 0.496 e. The Balaban J connectivity index is 1.72. The lowest BCUT2D eigenvalue weighted by Crippen LogP contribution is -1.99. The highest BCUT2D eigenvalue weighted by Gasteiger charge is 2.11. The summed E-state index contributed by atoms with van der Waals surface area (Å²) in [6, 6.07) is 15.6. The lowest BCUT2D eigenvalue weighted by molar-refractivity contribution is 0.304. The quantitative estimate of drug-likeness (QED) is 0.276. The molecule has 0 saturated carbocycles. The Bertz CT molecular complexity index is 891. The molecule has 0 aliphatic rings. The normalized spacial score (nSPS) is 10.4. The van der Waals surface area contributed by atoms with Crippen molar-refractivity contribution in [2.45, 2.75) is 77.6 Å². The van der Waals surface area contributed by atoms with E-state index in [2.05, 4.69) is 13.0 Å². The smallest absolute Gasteiger partial charge is 0.123 e. The summed E-state index contributed by atoms with van der Waals surface area (Å²) >= 11 is 0. The van der Waals surface area contributed by atoms with Gasteiger partial charge in [0.05, 0.1) is 24.8 Å². The lowest BCUT2D eigenvalue weighted by Gasteiger charge is -2.11. The molecule has 0 atom stereocenters. The van der Waals surface area contributed by atoms with Gasteiger partial charge in [-0.15, -0.1) is 0 Å². The van der Waals surface area contributed by atoms with Crippen LogP contribution in [-0.4, -0.2) is 13.7 Å². The first-order valence-corrected chi connectivity index (χ1v) is 11.9. The molecule has 0 aromatic heterocycles. The van der Waals surface area contributed by atoms with Crippen LogP contribution in [0.4, 0.5) is 0 Å². The summed E-state index contributed by atoms with van der Waals surface area (Å²) in [6.07, 6.45) is 13.8. The van der Waals surface area contributed by atoms with Crippen LogP contribution in [0.2, 0.25) is 0 Å². The van der Waals surface area contributed by atoms with Crippen molar-refractivity contribution < 1.29 is 9.47 Å². The first-order valence-electron chi connectivity index (χ1n) is 11.9. The summed E-state index contributed by atoms with van der Waals surface area (Å²) in [5.41, 5.74) is 2.70. The molecule has 4 heteroatoms. The monoisotopic (exact) mass is 432 g/mol. The van der Waals surface area contributed by atoms with Crippen molar-refractivity contribution in [3.05, 3.63) is 58.7 Å². The number of benzene rings is 2. The fourth-order valence-electron chi connectivity index (χ4n) is 3.84. The Hall–Kier alpha value is -2.98. The molecule has 2 aromatic carbocycles. The Labute approximate surface area is 193 Å². The summed E-state index contributed by atoms with van der Waals surface area (Å²) in [5, 5.41) is 18.5. The minimum absolute atomic E-state index is 0.337. The predicted octanol–water partition coefficient (Wildman–Crippen LogP) is 7.33. The maximum atomic E-state index is 9.28. The van der Waals surface area contributed by atoms with Crippen LogP contribution in [0, 0.1) is 22.7 Å². The zero-order valence-electron chi connectivity index (χ0n) is 19.7. The van der Waals surface area contributed by atoms with E-state index in [1.807, 2.05) is 30.3 Å². The molecule has 0 aliphatic heterocycles. The fourth-order valence-corrected chi connectivity index (χ4v) is 3.84. The second-order valence-corrected chi connectivity index (χ2v) is 8.28. The van der Waals surface area contributed by atoms with Crippen molar-refractivity contribution in [2.24, 2.45) is 0 Å². The standard InChI is InChI=1S/C28H36N2O2/c1-3-4-5-6-7-8-9-10-11-12-17-32-27-15-13-23(14-16-27)18-24-19-25(21-29)26(22-30)20-28(24)31-2/h13-16,19-20H,3-12,17-18H2,1-2H3. The summed E-state index contributed by atoms with van der Waals surface area (Å²) in [4.78, 5) is 0. The molecule has 0 N–H and O–H groups in total. The molecule has 170 valence electrons. The van der Waals surface area contributed by atoms with Gasteiger partial charge >= 0.3 is 0 Å². The van der Waals surface area contributed by atoms with Crippen molar-refractivity contribution >= 4 is 0 Å². The molecule has 0 heterocycles. The summed E-state index contributed by atoms with van der Waals surface area (Å²) in [6.45, 7) is 3.02. The molecule has 0 spiro atoms. The molecular formula is C28H36N2O2. The van der Waals surface area contributed by atoms with E-state index in [1.54, 1.807) is 19.2 Å². The average molecular weight is 433 g/mol. The van der Waals surface area contributed by atoms with Gasteiger partial charge in [-0.1, -0.05) is 76.8 Å². The summed E-state index contributed by atoms with van der Waals surface area (Å²) in [5.74, 6) is 1.51. The second-order valence-electron chi connectivity index (χ2n) is 8.28. The van der Waals surface area contributed by atoms with E-state index in [4.69, 9.17) is 9.47 Å². The number of ether oxygens (including phenoxy) is 2. The van der Waals surface area contributed by atoms with Gasteiger partial charge in [-0.3, -0.25) is 0 Å². The molecule has 0 saturated heterocycles. The fraction of sp³-hybridized carbons (Fsp3) is 0.500. The van der Waals surface area contributed by atoms with Crippen molar-refractivity contribution in [3.8, 4) is 23.6 Å². The number of hydrogen-bond donors (Lipinski definition) is 0. The molecule has 0 bridgehead atoms. The van der Waals surface area contributed by atoms with Gasteiger partial charge in [0.2, 0.25) is 0 Å². The van der Waals surface area contributed by atoms with Crippen LogP contribution in [0.25, 0.3) is 0 Å². The SMILES string of the molecule is CCCCCCCCCCCCOc1ccc(Cc2cc(C#N)c(C#N)cc2OC)cc1. The molecular weight excluding hydrogens is 396 g/mol. The van der Waals surface area contributed by atoms with E-state index in [1.165, 1.54) is 57.8 Å². The van der Waals surface area contributed by atoms with E-state index >= 15 is 0 Å². The van der Waals surface area contributed by atoms with Crippen LogP contribution in [0.3, 0.4) is 0 Å². The molecule has 0 fully saturated rings. The third-order valence-electron chi connectivity index (χ3n) is 5.75. The maximum absolute atomic E-state index is 9.28. The minimum atomic E-state index is 0.337. The minimum Gasteiger partial charge on any atom is -0.496 e. The van der Waals surface area contributed by atoms with E-state index < -0.39 is 0 Å². The molecule has 2 aromatic rings. The van der Waals surface area contributed by atoms with Crippen molar-refractivity contribution in [3.63, 3.8) is 0 Å². The third-order valence-corrected chi connectivity index (χ3v) is 5.75. The van der Waals surface area contributed by atoms with Crippen LogP contribution >= 0.6 is 0 Å². The maximum Gasteiger partial charge on any atom is 0.123 e. The number of rotatable bonds is 15. The van der Waals surface area contributed by atoms with Gasteiger partial charge < -0.3 is 9.47 Å². The Kier molecular flexibility index (Phi) is 11.8. The highest BCUT2D eigenvalue weighted by Crippen LogP contribution is 2.26.